The third-order valence-corrected chi connectivity index (χ3v) is 8.57. The fraction of sp³-hybridized carbons (Fsp3) is 0.912. The Labute approximate surface area is 271 Å². The van der Waals surface area contributed by atoms with Crippen LogP contribution in [0.25, 0.3) is 0 Å². The second-order valence-corrected chi connectivity index (χ2v) is 12.6. The topological polar surface area (TPSA) is 189 Å². The van der Waals surface area contributed by atoms with Gasteiger partial charge in [0.1, 0.15) is 36.6 Å². The Morgan fingerprint density at radius 3 is 1.89 bits per heavy atom. The molecule has 1 aliphatic rings. The summed E-state index contributed by atoms with van der Waals surface area (Å²) in [5.74, 6) is -0.713. The van der Waals surface area contributed by atoms with Crippen molar-refractivity contribution in [3.63, 3.8) is 0 Å². The van der Waals surface area contributed by atoms with Gasteiger partial charge in [0.25, 0.3) is 0 Å². The van der Waals surface area contributed by atoms with E-state index in [2.05, 4.69) is 25.2 Å². The van der Waals surface area contributed by atoms with Crippen LogP contribution < -0.4 is 5.32 Å². The van der Waals surface area contributed by atoms with E-state index in [9.17, 15) is 40.5 Å². The predicted octanol–water partition coefficient (Wildman–Crippen LogP) is 2.99. The van der Waals surface area contributed by atoms with Crippen molar-refractivity contribution in [1.29, 1.82) is 0 Å². The van der Waals surface area contributed by atoms with Crippen LogP contribution in [0.15, 0.2) is 12.2 Å². The summed E-state index contributed by atoms with van der Waals surface area (Å²) < 4.78 is 10.9. The predicted molar refractivity (Wildman–Crippen MR) is 173 cm³/mol. The summed E-state index contributed by atoms with van der Waals surface area (Å²) in [5, 5.41) is 74.6. The van der Waals surface area contributed by atoms with Crippen LogP contribution in [0.4, 0.5) is 0 Å². The third-order valence-electron chi connectivity index (χ3n) is 8.57. The van der Waals surface area contributed by atoms with E-state index in [-0.39, 0.29) is 12.8 Å². The molecule has 1 amide bonds. The van der Waals surface area contributed by atoms with Gasteiger partial charge in [0.15, 0.2) is 6.29 Å². The zero-order chi connectivity index (χ0) is 33.5. The highest BCUT2D eigenvalue weighted by Crippen LogP contribution is 2.23. The first-order valence-corrected chi connectivity index (χ1v) is 17.6. The van der Waals surface area contributed by atoms with Gasteiger partial charge in [-0.3, -0.25) is 4.79 Å². The molecule has 0 saturated carbocycles. The van der Waals surface area contributed by atoms with Crippen molar-refractivity contribution in [2.24, 2.45) is 0 Å². The molecule has 1 rings (SSSR count). The summed E-state index contributed by atoms with van der Waals surface area (Å²) in [6.45, 7) is 3.27. The molecule has 1 heterocycles. The van der Waals surface area contributed by atoms with E-state index >= 15 is 0 Å². The molecule has 45 heavy (non-hydrogen) atoms. The van der Waals surface area contributed by atoms with Crippen LogP contribution in [0, 0.1) is 0 Å². The van der Waals surface area contributed by atoms with E-state index in [0.717, 1.165) is 44.9 Å². The minimum absolute atomic E-state index is 0.256. The molecule has 0 aromatic heterocycles. The number of hydrogen-bond donors (Lipinski definition) is 8. The maximum Gasteiger partial charge on any atom is 0.249 e. The molecule has 0 bridgehead atoms. The van der Waals surface area contributed by atoms with E-state index in [1.54, 1.807) is 0 Å². The summed E-state index contributed by atoms with van der Waals surface area (Å²) in [7, 11) is 0. The Bertz CT molecular complexity index is 754. The molecular weight excluding hydrogens is 582 g/mol. The van der Waals surface area contributed by atoms with Gasteiger partial charge in [-0.2, -0.15) is 0 Å². The van der Waals surface area contributed by atoms with Crippen LogP contribution in [-0.2, 0) is 14.3 Å². The van der Waals surface area contributed by atoms with E-state index in [0.29, 0.717) is 12.8 Å². The molecule has 0 aliphatic carbocycles. The Hall–Kier alpha value is -1.15. The molecule has 0 radical (unpaired) electrons. The summed E-state index contributed by atoms with van der Waals surface area (Å²) in [6.07, 6.45) is 10.3. The first-order valence-electron chi connectivity index (χ1n) is 17.6. The second kappa shape index (κ2) is 25.9. The van der Waals surface area contributed by atoms with Gasteiger partial charge in [0, 0.05) is 0 Å². The highest BCUT2D eigenvalue weighted by molar-refractivity contribution is 5.80. The number of carbonyl (C=O) groups excluding carboxylic acids is 1. The number of aliphatic hydroxyl groups is 7. The van der Waals surface area contributed by atoms with Crippen molar-refractivity contribution in [3.8, 4) is 0 Å². The van der Waals surface area contributed by atoms with E-state index < -0.39 is 74.2 Å². The molecule has 11 heteroatoms. The Morgan fingerprint density at radius 1 is 0.756 bits per heavy atom. The van der Waals surface area contributed by atoms with Crippen LogP contribution in [-0.4, -0.2) is 110 Å². The molecule has 1 saturated heterocycles. The quantitative estimate of drug-likeness (QED) is 0.0486. The summed E-state index contributed by atoms with van der Waals surface area (Å²) in [5.41, 5.74) is 0. The second-order valence-electron chi connectivity index (χ2n) is 12.6. The highest BCUT2D eigenvalue weighted by atomic mass is 16.7. The molecule has 9 unspecified atom stereocenters. The molecular formula is C34H65NO10. The molecule has 266 valence electrons. The van der Waals surface area contributed by atoms with Crippen molar-refractivity contribution < 1.29 is 50.0 Å². The average molecular weight is 648 g/mol. The minimum Gasteiger partial charge on any atom is -0.394 e. The number of aliphatic hydroxyl groups excluding tert-OH is 7. The fourth-order valence-corrected chi connectivity index (χ4v) is 5.48. The van der Waals surface area contributed by atoms with E-state index in [1.807, 2.05) is 6.08 Å². The minimum atomic E-state index is -1.66. The first-order chi connectivity index (χ1) is 21.7. The lowest BCUT2D eigenvalue weighted by Crippen LogP contribution is -2.60. The van der Waals surface area contributed by atoms with Crippen molar-refractivity contribution in [2.45, 2.75) is 184 Å². The molecule has 11 nitrogen and oxygen atoms in total. The van der Waals surface area contributed by atoms with Gasteiger partial charge in [-0.05, 0) is 32.1 Å². The number of hydrogen-bond acceptors (Lipinski definition) is 10. The van der Waals surface area contributed by atoms with Crippen molar-refractivity contribution >= 4 is 5.91 Å². The van der Waals surface area contributed by atoms with Crippen LogP contribution in [0.2, 0.25) is 0 Å². The first kappa shape index (κ1) is 41.9. The van der Waals surface area contributed by atoms with Gasteiger partial charge in [0.05, 0.1) is 25.4 Å². The van der Waals surface area contributed by atoms with Crippen molar-refractivity contribution in [2.75, 3.05) is 13.2 Å². The maximum absolute atomic E-state index is 12.9. The van der Waals surface area contributed by atoms with Gasteiger partial charge < -0.3 is 50.5 Å². The number of ether oxygens (including phenoxy) is 2. The maximum atomic E-state index is 12.9. The molecule has 9 atom stereocenters. The number of amides is 1. The van der Waals surface area contributed by atoms with Crippen LogP contribution in [0.5, 0.6) is 0 Å². The monoisotopic (exact) mass is 647 g/mol. The summed E-state index contributed by atoms with van der Waals surface area (Å²) in [4.78, 5) is 12.9. The molecule has 1 aliphatic heterocycles. The lowest BCUT2D eigenvalue weighted by molar-refractivity contribution is -0.303. The largest absolute Gasteiger partial charge is 0.394 e. The van der Waals surface area contributed by atoms with Gasteiger partial charge >= 0.3 is 0 Å². The number of nitrogens with one attached hydrogen (secondary N) is 1. The Morgan fingerprint density at radius 2 is 1.31 bits per heavy atom. The van der Waals surface area contributed by atoms with Crippen molar-refractivity contribution in [3.05, 3.63) is 12.2 Å². The number of unbranched alkanes of at least 4 members (excludes halogenated alkanes) is 13. The van der Waals surface area contributed by atoms with Gasteiger partial charge in [-0.25, -0.2) is 0 Å². The number of rotatable bonds is 27. The standard InChI is InChI=1S/C34H65NO10/c1-3-5-7-9-11-12-13-14-16-18-20-22-27(38)33(43)35-25(29(39)26(37)21-19-17-15-10-8-6-4-2)24-44-34-32(42)31(41)30(40)28(23-36)45-34/h10,15,25-32,34,36-42H,3-9,11-14,16-24H2,1-2H3,(H,35,43)/b15-10+. The number of allylic oxidation sites excluding steroid dienone is 2. The fourth-order valence-electron chi connectivity index (χ4n) is 5.48. The normalized spacial score (nSPS) is 24.9. The van der Waals surface area contributed by atoms with E-state index in [1.165, 1.54) is 44.9 Å². The van der Waals surface area contributed by atoms with E-state index in [4.69, 9.17) is 9.47 Å². The van der Waals surface area contributed by atoms with Crippen LogP contribution in [0.1, 0.15) is 129 Å². The third kappa shape index (κ3) is 17.5. The summed E-state index contributed by atoms with van der Waals surface area (Å²) >= 11 is 0. The SMILES string of the molecule is CCCC/C=C/CCCC(O)C(O)C(COC1OC(CO)C(O)C(O)C1O)NC(=O)C(O)CCCCCCCCCCCCC. The smallest absolute Gasteiger partial charge is 0.249 e. The highest BCUT2D eigenvalue weighted by Gasteiger charge is 2.44. The van der Waals surface area contributed by atoms with Gasteiger partial charge in [-0.15, -0.1) is 0 Å². The number of carbonyl (C=O) groups is 1. The summed E-state index contributed by atoms with van der Waals surface area (Å²) in [6, 6.07) is -1.17. The Kier molecular flexibility index (Phi) is 24.1. The van der Waals surface area contributed by atoms with Crippen LogP contribution in [0.3, 0.4) is 0 Å². The molecule has 0 aromatic carbocycles. The lowest BCUT2D eigenvalue weighted by Gasteiger charge is -2.40. The molecule has 0 aromatic rings. The van der Waals surface area contributed by atoms with Crippen molar-refractivity contribution in [1.82, 2.24) is 5.32 Å². The lowest BCUT2D eigenvalue weighted by atomic mass is 9.98. The van der Waals surface area contributed by atoms with Crippen LogP contribution >= 0.6 is 0 Å². The van der Waals surface area contributed by atoms with Gasteiger partial charge in [-0.1, -0.05) is 109 Å². The Balaban J connectivity index is 2.63. The zero-order valence-corrected chi connectivity index (χ0v) is 27.8. The average Bonchev–Trinajstić information content (AvgIpc) is 3.04. The molecule has 0 spiro atoms. The molecule has 8 N–H and O–H groups in total. The zero-order valence-electron chi connectivity index (χ0n) is 27.8. The van der Waals surface area contributed by atoms with Gasteiger partial charge in [0.2, 0.25) is 5.91 Å². The molecule has 1 fully saturated rings.